The molecule has 0 aliphatic heterocycles. The Hall–Kier alpha value is -0.710. The Morgan fingerprint density at radius 1 is 1.56 bits per heavy atom. The smallest absolute Gasteiger partial charge is 0.313 e. The molecule has 0 fully saturated rings. The van der Waals surface area contributed by atoms with Crippen molar-refractivity contribution >= 4 is 30.0 Å². The van der Waals surface area contributed by atoms with E-state index in [2.05, 4.69) is 4.74 Å². The zero-order chi connectivity index (χ0) is 11.6. The first-order valence-corrected chi connectivity index (χ1v) is 4.86. The molecule has 1 aromatic heterocycles. The van der Waals surface area contributed by atoms with Crippen LogP contribution >= 0.6 is 24.0 Å². The van der Waals surface area contributed by atoms with Gasteiger partial charge >= 0.3 is 5.97 Å². The fraction of sp³-hybridized carbons (Fsp3) is 0.500. The Balaban J connectivity index is 0.00000225. The predicted octanol–water partition coefficient (Wildman–Crippen LogP) is 2.55. The van der Waals surface area contributed by atoms with Gasteiger partial charge in [0.05, 0.1) is 18.6 Å². The second-order valence-electron chi connectivity index (χ2n) is 3.83. The fourth-order valence-corrected chi connectivity index (χ4v) is 1.39. The normalized spacial score (nSPS) is 12.8. The van der Waals surface area contributed by atoms with Crippen molar-refractivity contribution in [2.75, 3.05) is 7.11 Å². The van der Waals surface area contributed by atoms with Gasteiger partial charge in [0.15, 0.2) is 5.22 Å². The Labute approximate surface area is 105 Å². The van der Waals surface area contributed by atoms with E-state index >= 15 is 0 Å². The third-order valence-corrected chi connectivity index (χ3v) is 2.59. The Morgan fingerprint density at radius 3 is 2.50 bits per heavy atom. The lowest BCUT2D eigenvalue weighted by Crippen LogP contribution is -2.37. The third-order valence-electron chi connectivity index (χ3n) is 2.39. The first-order chi connectivity index (χ1) is 6.89. The van der Waals surface area contributed by atoms with Crippen molar-refractivity contribution in [3.8, 4) is 0 Å². The topological polar surface area (TPSA) is 65.5 Å². The molecule has 1 rings (SSSR count). The molecule has 0 bridgehead atoms. The van der Waals surface area contributed by atoms with E-state index in [0.29, 0.717) is 5.76 Å². The number of hydrogen-bond donors (Lipinski definition) is 1. The highest BCUT2D eigenvalue weighted by atomic mass is 35.5. The molecule has 0 saturated carbocycles. The van der Waals surface area contributed by atoms with Crippen molar-refractivity contribution in [2.45, 2.75) is 19.9 Å². The minimum atomic E-state index is -0.851. The van der Waals surface area contributed by atoms with Crippen molar-refractivity contribution in [3.63, 3.8) is 0 Å². The number of methoxy groups -OCH3 is 1. The molecule has 0 unspecified atom stereocenters. The summed E-state index contributed by atoms with van der Waals surface area (Å²) >= 11 is 5.63. The van der Waals surface area contributed by atoms with E-state index in [4.69, 9.17) is 21.8 Å². The van der Waals surface area contributed by atoms with E-state index in [-0.39, 0.29) is 23.6 Å². The molecule has 4 nitrogen and oxygen atoms in total. The minimum absolute atomic E-state index is 0. The number of carbonyl (C=O) groups excluding carboxylic acids is 1. The van der Waals surface area contributed by atoms with E-state index in [0.717, 1.165) is 0 Å². The van der Waals surface area contributed by atoms with Crippen molar-refractivity contribution < 1.29 is 13.9 Å². The molecule has 0 aliphatic rings. The molecule has 1 aromatic rings. The largest absolute Gasteiger partial charge is 0.469 e. The molecule has 6 heteroatoms. The summed E-state index contributed by atoms with van der Waals surface area (Å²) in [6, 6.07) is 2.65. The Morgan fingerprint density at radius 2 is 2.12 bits per heavy atom. The molecule has 2 N–H and O–H groups in total. The van der Waals surface area contributed by atoms with Crippen LogP contribution in [-0.4, -0.2) is 13.1 Å². The summed E-state index contributed by atoms with van der Waals surface area (Å²) in [5.74, 6) is 0.0814. The second-order valence-corrected chi connectivity index (χ2v) is 4.21. The van der Waals surface area contributed by atoms with Crippen molar-refractivity contribution in [1.82, 2.24) is 0 Å². The van der Waals surface area contributed by atoms with Crippen molar-refractivity contribution in [1.29, 1.82) is 0 Å². The first-order valence-electron chi connectivity index (χ1n) is 4.49. The molecule has 0 spiro atoms. The number of ether oxygens (including phenoxy) is 1. The van der Waals surface area contributed by atoms with Crippen LogP contribution in [0.5, 0.6) is 0 Å². The lowest BCUT2D eigenvalue weighted by atomic mass is 9.83. The van der Waals surface area contributed by atoms with Crippen LogP contribution in [-0.2, 0) is 9.53 Å². The third kappa shape index (κ3) is 2.90. The van der Waals surface area contributed by atoms with Gasteiger partial charge in [0.25, 0.3) is 0 Å². The number of hydrogen-bond acceptors (Lipinski definition) is 4. The standard InChI is InChI=1S/C10H14ClNO3.ClH/c1-10(2,9(13)14-3)8(12)6-4-5-7(11)15-6;/h4-5,8H,12H2,1-3H3;1H/t8-;/m1./s1. The number of nitrogens with two attached hydrogens (primary N) is 1. The van der Waals surface area contributed by atoms with E-state index in [1.807, 2.05) is 0 Å². The number of esters is 1. The molecule has 0 saturated heterocycles. The van der Waals surface area contributed by atoms with Gasteiger partial charge in [-0.15, -0.1) is 12.4 Å². The van der Waals surface area contributed by atoms with E-state index in [1.165, 1.54) is 7.11 Å². The Kier molecular flexibility index (Phi) is 5.32. The average molecular weight is 268 g/mol. The summed E-state index contributed by atoms with van der Waals surface area (Å²) in [6.45, 7) is 3.39. The highest BCUT2D eigenvalue weighted by Crippen LogP contribution is 2.33. The number of furan rings is 1. The predicted molar refractivity (Wildman–Crippen MR) is 63.7 cm³/mol. The van der Waals surface area contributed by atoms with Crippen LogP contribution in [0.3, 0.4) is 0 Å². The molecule has 1 atom stereocenters. The van der Waals surface area contributed by atoms with Gasteiger partial charge in [0, 0.05) is 0 Å². The summed E-state index contributed by atoms with van der Waals surface area (Å²) in [4.78, 5) is 11.5. The van der Waals surface area contributed by atoms with Crippen LogP contribution in [0, 0.1) is 5.41 Å². The van der Waals surface area contributed by atoms with Gasteiger partial charge in [-0.1, -0.05) is 0 Å². The lowest BCUT2D eigenvalue weighted by molar-refractivity contribution is -0.152. The average Bonchev–Trinajstić information content (AvgIpc) is 2.62. The van der Waals surface area contributed by atoms with Crippen LogP contribution in [0.15, 0.2) is 16.5 Å². The number of carbonyl (C=O) groups is 1. The van der Waals surface area contributed by atoms with Crippen LogP contribution in [0.25, 0.3) is 0 Å². The van der Waals surface area contributed by atoms with Gasteiger partial charge in [-0.3, -0.25) is 4.79 Å². The summed E-state index contributed by atoms with van der Waals surface area (Å²) in [5, 5.41) is 0.251. The highest BCUT2D eigenvalue weighted by Gasteiger charge is 2.38. The maximum absolute atomic E-state index is 11.5. The quantitative estimate of drug-likeness (QED) is 0.855. The molecule has 0 aliphatic carbocycles. The van der Waals surface area contributed by atoms with E-state index in [9.17, 15) is 4.79 Å². The van der Waals surface area contributed by atoms with Gasteiger partial charge in [-0.2, -0.15) is 0 Å². The second kappa shape index (κ2) is 5.57. The molecule has 0 radical (unpaired) electrons. The maximum atomic E-state index is 11.5. The number of halogens is 2. The fourth-order valence-electron chi connectivity index (χ4n) is 1.24. The van der Waals surface area contributed by atoms with Gasteiger partial charge in [0.2, 0.25) is 0 Å². The minimum Gasteiger partial charge on any atom is -0.469 e. The number of rotatable bonds is 3. The summed E-state index contributed by atoms with van der Waals surface area (Å²) < 4.78 is 9.83. The van der Waals surface area contributed by atoms with Crippen LogP contribution in [0.1, 0.15) is 25.6 Å². The zero-order valence-corrected chi connectivity index (χ0v) is 10.9. The first kappa shape index (κ1) is 15.3. The lowest BCUT2D eigenvalue weighted by Gasteiger charge is -2.26. The summed E-state index contributed by atoms with van der Waals surface area (Å²) in [6.07, 6.45) is 0. The zero-order valence-electron chi connectivity index (χ0n) is 9.32. The summed E-state index contributed by atoms with van der Waals surface area (Å²) in [7, 11) is 1.33. The monoisotopic (exact) mass is 267 g/mol. The molecule has 0 amide bonds. The van der Waals surface area contributed by atoms with Crippen molar-refractivity contribution in [3.05, 3.63) is 23.1 Å². The summed E-state index contributed by atoms with van der Waals surface area (Å²) in [5.41, 5.74) is 5.06. The Bertz CT molecular complexity index is 363. The highest BCUT2D eigenvalue weighted by molar-refractivity contribution is 6.28. The molecule has 0 aromatic carbocycles. The molecule has 1 heterocycles. The maximum Gasteiger partial charge on any atom is 0.313 e. The van der Waals surface area contributed by atoms with Gasteiger partial charge in [-0.25, -0.2) is 0 Å². The van der Waals surface area contributed by atoms with E-state index < -0.39 is 11.5 Å². The molecular formula is C10H15Cl2NO3. The van der Waals surface area contributed by atoms with Gasteiger partial charge in [0.1, 0.15) is 5.76 Å². The van der Waals surface area contributed by atoms with Gasteiger partial charge in [-0.05, 0) is 37.6 Å². The van der Waals surface area contributed by atoms with Crippen LogP contribution in [0.4, 0.5) is 0 Å². The van der Waals surface area contributed by atoms with Crippen LogP contribution < -0.4 is 5.73 Å². The van der Waals surface area contributed by atoms with E-state index in [1.54, 1.807) is 26.0 Å². The van der Waals surface area contributed by atoms with Crippen LogP contribution in [0.2, 0.25) is 5.22 Å². The molecular weight excluding hydrogens is 253 g/mol. The molecule has 16 heavy (non-hydrogen) atoms. The SMILES string of the molecule is COC(=O)C(C)(C)[C@H](N)c1ccc(Cl)o1.Cl. The molecule has 92 valence electrons. The van der Waals surface area contributed by atoms with Gasteiger partial charge < -0.3 is 14.9 Å². The van der Waals surface area contributed by atoms with Crippen molar-refractivity contribution in [2.24, 2.45) is 11.1 Å².